The molecule has 0 radical (unpaired) electrons. The molecule has 16 heavy (non-hydrogen) atoms. The van der Waals surface area contributed by atoms with Crippen LogP contribution in [0.5, 0.6) is 0 Å². The zero-order chi connectivity index (χ0) is 11.0. The molecule has 4 nitrogen and oxygen atoms in total. The number of nitrogens with one attached hydrogen (secondary N) is 1. The number of nitrogens with zero attached hydrogens (tertiary/aromatic N) is 1. The smallest absolute Gasteiger partial charge is 0.225 e. The Morgan fingerprint density at radius 3 is 2.25 bits per heavy atom. The van der Waals surface area contributed by atoms with Crippen LogP contribution in [0.3, 0.4) is 0 Å². The average molecular weight is 224 g/mol. The minimum atomic E-state index is 0.369. The number of hydrogen-bond donors (Lipinski definition) is 1. The van der Waals surface area contributed by atoms with Crippen molar-refractivity contribution in [1.82, 2.24) is 10.2 Å². The van der Waals surface area contributed by atoms with Gasteiger partial charge in [0.2, 0.25) is 5.91 Å². The molecule has 1 saturated carbocycles. The van der Waals surface area contributed by atoms with E-state index in [1.54, 1.807) is 0 Å². The van der Waals surface area contributed by atoms with E-state index in [2.05, 4.69) is 5.32 Å². The lowest BCUT2D eigenvalue weighted by Crippen LogP contribution is -2.51. The maximum atomic E-state index is 11.8. The Morgan fingerprint density at radius 1 is 1.06 bits per heavy atom. The van der Waals surface area contributed by atoms with Crippen molar-refractivity contribution in [2.24, 2.45) is 5.92 Å². The first-order chi connectivity index (χ1) is 7.83. The number of piperidine rings is 1. The monoisotopic (exact) mass is 224 g/mol. The highest BCUT2D eigenvalue weighted by Gasteiger charge is 2.35. The Kier molecular flexibility index (Phi) is 2.86. The third-order valence-corrected chi connectivity index (χ3v) is 3.81. The Balaban J connectivity index is 1.42. The number of carbonyl (C=O) groups is 1. The van der Waals surface area contributed by atoms with E-state index in [9.17, 15) is 4.79 Å². The molecule has 0 bridgehead atoms. The van der Waals surface area contributed by atoms with Gasteiger partial charge in [-0.2, -0.15) is 0 Å². The Bertz CT molecular complexity index is 266. The lowest BCUT2D eigenvalue weighted by atomic mass is 10.1. The topological polar surface area (TPSA) is 41.6 Å². The molecule has 0 spiro atoms. The fourth-order valence-electron chi connectivity index (χ4n) is 2.43. The van der Waals surface area contributed by atoms with Crippen molar-refractivity contribution in [2.75, 3.05) is 26.2 Å². The summed E-state index contributed by atoms with van der Waals surface area (Å²) in [5, 5.41) is 3.21. The normalized spacial score (nSPS) is 27.9. The molecular formula is C12H20N2O2. The number of carbonyl (C=O) groups excluding carboxylic acids is 1. The van der Waals surface area contributed by atoms with Gasteiger partial charge in [-0.1, -0.05) is 0 Å². The van der Waals surface area contributed by atoms with Gasteiger partial charge in [0, 0.05) is 32.1 Å². The Hall–Kier alpha value is -0.610. The van der Waals surface area contributed by atoms with Crippen molar-refractivity contribution in [3.8, 4) is 0 Å². The van der Waals surface area contributed by atoms with E-state index in [1.807, 2.05) is 4.90 Å². The van der Waals surface area contributed by atoms with Gasteiger partial charge in [-0.05, 0) is 25.7 Å². The summed E-state index contributed by atoms with van der Waals surface area (Å²) in [6, 6.07) is 0. The van der Waals surface area contributed by atoms with Crippen LogP contribution in [0.25, 0.3) is 0 Å². The van der Waals surface area contributed by atoms with Crippen LogP contribution in [0.2, 0.25) is 0 Å². The van der Waals surface area contributed by atoms with Gasteiger partial charge < -0.3 is 15.0 Å². The molecule has 0 atom stereocenters. The van der Waals surface area contributed by atoms with Gasteiger partial charge in [0.25, 0.3) is 0 Å². The summed E-state index contributed by atoms with van der Waals surface area (Å²) in [5.74, 6) is 0.761. The first-order valence-electron chi connectivity index (χ1n) is 6.48. The lowest BCUT2D eigenvalue weighted by molar-refractivity contribution is -0.136. The van der Waals surface area contributed by atoms with Crippen molar-refractivity contribution in [3.05, 3.63) is 0 Å². The number of rotatable bonds is 3. The third kappa shape index (κ3) is 2.23. The quantitative estimate of drug-likeness (QED) is 0.753. The first kappa shape index (κ1) is 10.5. The second-order valence-corrected chi connectivity index (χ2v) is 5.22. The van der Waals surface area contributed by atoms with E-state index >= 15 is 0 Å². The highest BCUT2D eigenvalue weighted by Crippen LogP contribution is 2.32. The van der Waals surface area contributed by atoms with Gasteiger partial charge in [0.1, 0.15) is 0 Å². The fraction of sp³-hybridized carbons (Fsp3) is 0.917. The SMILES string of the molecule is O=C(C1CC1)N1CCC(OC2CNC2)CC1. The predicted octanol–water partition coefficient (Wildman–Crippen LogP) is 0.376. The van der Waals surface area contributed by atoms with E-state index in [-0.39, 0.29) is 0 Å². The average Bonchev–Trinajstić information content (AvgIpc) is 3.07. The lowest BCUT2D eigenvalue weighted by Gasteiger charge is -2.36. The van der Waals surface area contributed by atoms with E-state index < -0.39 is 0 Å². The summed E-state index contributed by atoms with van der Waals surface area (Å²) in [6.07, 6.45) is 5.08. The summed E-state index contributed by atoms with van der Waals surface area (Å²) in [6.45, 7) is 3.81. The van der Waals surface area contributed by atoms with E-state index in [4.69, 9.17) is 4.74 Å². The van der Waals surface area contributed by atoms with Crippen molar-refractivity contribution in [1.29, 1.82) is 0 Å². The molecule has 2 saturated heterocycles. The van der Waals surface area contributed by atoms with Crippen LogP contribution >= 0.6 is 0 Å². The zero-order valence-electron chi connectivity index (χ0n) is 9.65. The minimum absolute atomic E-state index is 0.369. The summed E-state index contributed by atoms with van der Waals surface area (Å²) in [7, 11) is 0. The summed E-state index contributed by atoms with van der Waals surface area (Å²) < 4.78 is 5.93. The summed E-state index contributed by atoms with van der Waals surface area (Å²) in [4.78, 5) is 13.9. The maximum Gasteiger partial charge on any atom is 0.225 e. The fourth-order valence-corrected chi connectivity index (χ4v) is 2.43. The van der Waals surface area contributed by atoms with Crippen LogP contribution in [0.1, 0.15) is 25.7 Å². The molecule has 0 aromatic carbocycles. The molecule has 2 heterocycles. The molecule has 90 valence electrons. The highest BCUT2D eigenvalue weighted by atomic mass is 16.5. The van der Waals surface area contributed by atoms with E-state index in [1.165, 1.54) is 0 Å². The van der Waals surface area contributed by atoms with E-state index in [0.717, 1.165) is 51.9 Å². The molecule has 0 unspecified atom stereocenters. The van der Waals surface area contributed by atoms with Gasteiger partial charge in [0.05, 0.1) is 12.2 Å². The van der Waals surface area contributed by atoms with E-state index in [0.29, 0.717) is 24.0 Å². The van der Waals surface area contributed by atoms with Crippen LogP contribution in [0, 0.1) is 5.92 Å². The molecule has 3 fully saturated rings. The van der Waals surface area contributed by atoms with Crippen molar-refractivity contribution >= 4 is 5.91 Å². The van der Waals surface area contributed by atoms with Crippen molar-refractivity contribution in [3.63, 3.8) is 0 Å². The molecule has 1 N–H and O–H groups in total. The van der Waals surface area contributed by atoms with Crippen LogP contribution in [-0.4, -0.2) is 49.2 Å². The van der Waals surface area contributed by atoms with Crippen molar-refractivity contribution < 1.29 is 9.53 Å². The first-order valence-corrected chi connectivity index (χ1v) is 6.48. The van der Waals surface area contributed by atoms with Gasteiger partial charge in [0.15, 0.2) is 0 Å². The molecule has 0 aromatic rings. The number of amides is 1. The Labute approximate surface area is 96.3 Å². The van der Waals surface area contributed by atoms with Crippen molar-refractivity contribution in [2.45, 2.75) is 37.9 Å². The predicted molar refractivity (Wildman–Crippen MR) is 60.1 cm³/mol. The molecule has 4 heteroatoms. The summed E-state index contributed by atoms with van der Waals surface area (Å²) >= 11 is 0. The molecule has 1 aliphatic carbocycles. The van der Waals surface area contributed by atoms with Gasteiger partial charge in [-0.3, -0.25) is 4.79 Å². The molecular weight excluding hydrogens is 204 g/mol. The van der Waals surface area contributed by atoms with Crippen LogP contribution in [-0.2, 0) is 9.53 Å². The molecule has 2 aliphatic heterocycles. The number of likely N-dealkylation sites (tertiary alicyclic amines) is 1. The second-order valence-electron chi connectivity index (χ2n) is 5.22. The minimum Gasteiger partial charge on any atom is -0.372 e. The van der Waals surface area contributed by atoms with Gasteiger partial charge >= 0.3 is 0 Å². The second kappa shape index (κ2) is 4.34. The van der Waals surface area contributed by atoms with Gasteiger partial charge in [-0.25, -0.2) is 0 Å². The number of hydrogen-bond acceptors (Lipinski definition) is 3. The third-order valence-electron chi connectivity index (χ3n) is 3.81. The largest absolute Gasteiger partial charge is 0.372 e. The van der Waals surface area contributed by atoms with Crippen LogP contribution < -0.4 is 5.32 Å². The molecule has 3 aliphatic rings. The number of ether oxygens (including phenoxy) is 1. The standard InChI is InChI=1S/C12H20N2O2/c15-12(9-1-2-9)14-5-3-10(4-6-14)16-11-7-13-8-11/h9-11,13H,1-8H2. The van der Waals surface area contributed by atoms with Crippen LogP contribution in [0.15, 0.2) is 0 Å². The molecule has 3 rings (SSSR count). The highest BCUT2D eigenvalue weighted by molar-refractivity contribution is 5.81. The zero-order valence-corrected chi connectivity index (χ0v) is 9.65. The van der Waals surface area contributed by atoms with Crippen LogP contribution in [0.4, 0.5) is 0 Å². The summed E-state index contributed by atoms with van der Waals surface area (Å²) in [5.41, 5.74) is 0. The maximum absolute atomic E-state index is 11.8. The Morgan fingerprint density at radius 2 is 1.75 bits per heavy atom. The van der Waals surface area contributed by atoms with Gasteiger partial charge in [-0.15, -0.1) is 0 Å². The molecule has 0 aromatic heterocycles. The molecule has 1 amide bonds.